The quantitative estimate of drug-likeness (QED) is 0.235. The van der Waals surface area contributed by atoms with Crippen LogP contribution in [0.1, 0.15) is 15.9 Å². The average molecular weight is 478 g/mol. The van der Waals surface area contributed by atoms with Crippen molar-refractivity contribution in [3.05, 3.63) is 108 Å². The molecule has 0 radical (unpaired) electrons. The number of nitrogens with one attached hydrogen (secondary N) is 3. The highest BCUT2D eigenvalue weighted by Crippen LogP contribution is 2.29. The van der Waals surface area contributed by atoms with E-state index < -0.39 is 0 Å². The summed E-state index contributed by atoms with van der Waals surface area (Å²) in [6.07, 6.45) is 4.39. The molecule has 0 aliphatic rings. The standard InChI is InChI=1S/C29H27N5O2/c35-19-21(13-20-7-3-1-4-8-20)16-31-25-14-24(17-30-18-25)23-11-12-27-26(15-23)28(34-33-27)32-29(36)22-9-5-2-6-10-22/h1-12,14-15,17-18,21,31,35H,13,16,19H2,(H2,32,33,34,36)/t21-/m1/s1. The zero-order valence-electron chi connectivity index (χ0n) is 19.7. The van der Waals surface area contributed by atoms with Crippen molar-refractivity contribution in [3.63, 3.8) is 0 Å². The molecule has 36 heavy (non-hydrogen) atoms. The number of aromatic amines is 1. The Kier molecular flexibility index (Phi) is 7.00. The highest BCUT2D eigenvalue weighted by molar-refractivity contribution is 6.08. The second-order valence-electron chi connectivity index (χ2n) is 8.73. The van der Waals surface area contributed by atoms with Crippen molar-refractivity contribution in [1.82, 2.24) is 15.2 Å². The van der Waals surface area contributed by atoms with Gasteiger partial charge < -0.3 is 15.7 Å². The van der Waals surface area contributed by atoms with Crippen LogP contribution in [-0.2, 0) is 6.42 Å². The summed E-state index contributed by atoms with van der Waals surface area (Å²) < 4.78 is 0. The van der Waals surface area contributed by atoms with Crippen LogP contribution in [0, 0.1) is 5.92 Å². The van der Waals surface area contributed by atoms with Crippen LogP contribution in [-0.4, -0.2) is 39.3 Å². The van der Waals surface area contributed by atoms with Crippen molar-refractivity contribution in [1.29, 1.82) is 0 Å². The van der Waals surface area contributed by atoms with Crippen LogP contribution >= 0.6 is 0 Å². The highest BCUT2D eigenvalue weighted by Gasteiger charge is 2.13. The minimum Gasteiger partial charge on any atom is -0.396 e. The lowest BCUT2D eigenvalue weighted by Gasteiger charge is -2.16. The Morgan fingerprint density at radius 3 is 2.47 bits per heavy atom. The summed E-state index contributed by atoms with van der Waals surface area (Å²) in [5, 5.41) is 24.3. The second-order valence-corrected chi connectivity index (χ2v) is 8.73. The maximum Gasteiger partial charge on any atom is 0.256 e. The second kappa shape index (κ2) is 10.8. The number of carbonyl (C=O) groups is 1. The monoisotopic (exact) mass is 477 g/mol. The largest absolute Gasteiger partial charge is 0.396 e. The van der Waals surface area contributed by atoms with Crippen molar-refractivity contribution in [2.45, 2.75) is 6.42 Å². The number of H-pyrrole nitrogens is 1. The maximum absolute atomic E-state index is 12.6. The van der Waals surface area contributed by atoms with Crippen LogP contribution < -0.4 is 10.6 Å². The van der Waals surface area contributed by atoms with E-state index in [0.717, 1.165) is 34.1 Å². The lowest BCUT2D eigenvalue weighted by molar-refractivity contribution is 0.102. The smallest absolute Gasteiger partial charge is 0.256 e. The first-order valence-corrected chi connectivity index (χ1v) is 11.9. The van der Waals surface area contributed by atoms with Gasteiger partial charge in [0.05, 0.1) is 11.2 Å². The number of benzene rings is 3. The molecule has 0 fully saturated rings. The number of amides is 1. The molecule has 7 heteroatoms. The zero-order chi connectivity index (χ0) is 24.7. The van der Waals surface area contributed by atoms with Crippen molar-refractivity contribution < 1.29 is 9.90 Å². The van der Waals surface area contributed by atoms with Crippen molar-refractivity contribution in [2.24, 2.45) is 5.92 Å². The summed E-state index contributed by atoms with van der Waals surface area (Å²) in [4.78, 5) is 17.0. The molecule has 0 saturated heterocycles. The van der Waals surface area contributed by atoms with Crippen LogP contribution in [0.15, 0.2) is 97.3 Å². The van der Waals surface area contributed by atoms with E-state index in [9.17, 15) is 9.90 Å². The molecule has 1 atom stereocenters. The third kappa shape index (κ3) is 5.42. The summed E-state index contributed by atoms with van der Waals surface area (Å²) in [5.74, 6) is 0.361. The van der Waals surface area contributed by atoms with Gasteiger partial charge in [-0.25, -0.2) is 0 Å². The van der Waals surface area contributed by atoms with Crippen LogP contribution in [0.2, 0.25) is 0 Å². The number of hydrogen-bond acceptors (Lipinski definition) is 5. The first kappa shape index (κ1) is 23.3. The number of nitrogens with zero attached hydrogens (tertiary/aromatic N) is 2. The van der Waals surface area contributed by atoms with Gasteiger partial charge in [0.25, 0.3) is 5.91 Å². The summed E-state index contributed by atoms with van der Waals surface area (Å²) in [5.41, 5.74) is 5.38. The van der Waals surface area contributed by atoms with Crippen molar-refractivity contribution in [3.8, 4) is 11.1 Å². The van der Waals surface area contributed by atoms with Crippen molar-refractivity contribution >= 4 is 28.3 Å². The third-order valence-corrected chi connectivity index (χ3v) is 6.12. The molecule has 7 nitrogen and oxygen atoms in total. The molecular weight excluding hydrogens is 450 g/mol. The van der Waals surface area contributed by atoms with E-state index in [1.807, 2.05) is 66.9 Å². The molecule has 5 rings (SSSR count). The van der Waals surface area contributed by atoms with E-state index in [0.29, 0.717) is 17.9 Å². The highest BCUT2D eigenvalue weighted by atomic mass is 16.3. The Morgan fingerprint density at radius 1 is 0.917 bits per heavy atom. The van der Waals surface area contributed by atoms with Crippen LogP contribution in [0.4, 0.5) is 11.5 Å². The summed E-state index contributed by atoms with van der Waals surface area (Å²) in [7, 11) is 0. The van der Waals surface area contributed by atoms with Gasteiger partial charge in [0.1, 0.15) is 0 Å². The van der Waals surface area contributed by atoms with Gasteiger partial charge in [-0.2, -0.15) is 5.10 Å². The molecule has 2 aromatic heterocycles. The number of pyridine rings is 1. The Bertz CT molecular complexity index is 1450. The number of aliphatic hydroxyl groups excluding tert-OH is 1. The molecule has 180 valence electrons. The lowest BCUT2D eigenvalue weighted by Crippen LogP contribution is -2.20. The molecule has 0 aliphatic heterocycles. The van der Waals surface area contributed by atoms with Gasteiger partial charge in [-0.3, -0.25) is 14.9 Å². The molecule has 0 aliphatic carbocycles. The fourth-order valence-corrected chi connectivity index (χ4v) is 4.16. The summed E-state index contributed by atoms with van der Waals surface area (Å²) in [6, 6.07) is 27.2. The van der Waals surface area contributed by atoms with Crippen LogP contribution in [0.5, 0.6) is 0 Å². The average Bonchev–Trinajstić information content (AvgIpc) is 3.34. The van der Waals surface area contributed by atoms with E-state index in [4.69, 9.17) is 0 Å². The first-order chi connectivity index (χ1) is 17.7. The van der Waals surface area contributed by atoms with Crippen LogP contribution in [0.25, 0.3) is 22.0 Å². The molecule has 3 aromatic carbocycles. The van der Waals surface area contributed by atoms with E-state index in [1.54, 1.807) is 18.3 Å². The van der Waals surface area contributed by atoms with Gasteiger partial charge in [-0.1, -0.05) is 54.6 Å². The molecule has 0 spiro atoms. The SMILES string of the molecule is O=C(Nc1n[nH]c2ccc(-c3cncc(NC[C@H](CO)Cc4ccccc4)c3)cc12)c1ccccc1. The molecule has 5 aromatic rings. The number of fused-ring (bicyclic) bond motifs is 1. The number of rotatable bonds is 9. The van der Waals surface area contributed by atoms with Gasteiger partial charge >= 0.3 is 0 Å². The first-order valence-electron chi connectivity index (χ1n) is 11.9. The number of anilines is 2. The zero-order valence-corrected chi connectivity index (χ0v) is 19.7. The van der Waals surface area contributed by atoms with Gasteiger partial charge in [0, 0.05) is 48.0 Å². The van der Waals surface area contributed by atoms with Gasteiger partial charge in [-0.05, 0) is 47.9 Å². The molecule has 0 bridgehead atoms. The molecule has 4 N–H and O–H groups in total. The van der Waals surface area contributed by atoms with Gasteiger partial charge in [-0.15, -0.1) is 0 Å². The maximum atomic E-state index is 12.6. The normalized spacial score (nSPS) is 11.8. The fourth-order valence-electron chi connectivity index (χ4n) is 4.16. The van der Waals surface area contributed by atoms with E-state index in [2.05, 4.69) is 37.9 Å². The molecule has 0 unspecified atom stereocenters. The minimum absolute atomic E-state index is 0.0918. The number of aromatic nitrogens is 3. The van der Waals surface area contributed by atoms with E-state index in [1.165, 1.54) is 5.56 Å². The van der Waals surface area contributed by atoms with Gasteiger partial charge in [0.15, 0.2) is 5.82 Å². The van der Waals surface area contributed by atoms with Crippen molar-refractivity contribution in [2.75, 3.05) is 23.8 Å². The Labute approximate surface area is 209 Å². The molecule has 1 amide bonds. The third-order valence-electron chi connectivity index (χ3n) is 6.12. The Hall–Kier alpha value is -4.49. The number of carbonyl (C=O) groups excluding carboxylic acids is 1. The van der Waals surface area contributed by atoms with E-state index in [-0.39, 0.29) is 18.4 Å². The molecule has 0 saturated carbocycles. The minimum atomic E-state index is -0.212. The Balaban J connectivity index is 1.31. The topological polar surface area (TPSA) is 103 Å². The number of hydrogen-bond donors (Lipinski definition) is 4. The Morgan fingerprint density at radius 2 is 1.69 bits per heavy atom. The van der Waals surface area contributed by atoms with Gasteiger partial charge in [0.2, 0.25) is 0 Å². The summed E-state index contributed by atoms with van der Waals surface area (Å²) >= 11 is 0. The lowest BCUT2D eigenvalue weighted by atomic mass is 10.00. The number of aliphatic hydroxyl groups is 1. The molecule has 2 heterocycles. The molecular formula is C29H27N5O2. The fraction of sp³-hybridized carbons (Fsp3) is 0.138. The predicted molar refractivity (Wildman–Crippen MR) is 143 cm³/mol. The predicted octanol–water partition coefficient (Wildman–Crippen LogP) is 5.14. The summed E-state index contributed by atoms with van der Waals surface area (Å²) in [6.45, 7) is 0.733. The van der Waals surface area contributed by atoms with E-state index >= 15 is 0 Å². The van der Waals surface area contributed by atoms with Crippen LogP contribution in [0.3, 0.4) is 0 Å².